The van der Waals surface area contributed by atoms with Crippen molar-refractivity contribution in [1.82, 2.24) is 24.6 Å². The second kappa shape index (κ2) is 12.8. The average Bonchev–Trinajstić information content (AvgIpc) is 3.38. The fourth-order valence-electron chi connectivity index (χ4n) is 3.45. The van der Waals surface area contributed by atoms with Crippen molar-refractivity contribution in [1.29, 1.82) is 0 Å². The summed E-state index contributed by atoms with van der Waals surface area (Å²) in [5.41, 5.74) is 6.57. The Balaban J connectivity index is 1.65. The van der Waals surface area contributed by atoms with Crippen molar-refractivity contribution in [3.8, 4) is 0 Å². The van der Waals surface area contributed by atoms with E-state index in [4.69, 9.17) is 24.3 Å². The van der Waals surface area contributed by atoms with E-state index in [9.17, 15) is 9.59 Å². The Kier molecular flexibility index (Phi) is 10.2. The van der Waals surface area contributed by atoms with Crippen molar-refractivity contribution in [2.45, 2.75) is 79.6 Å². The van der Waals surface area contributed by atoms with Gasteiger partial charge in [0.15, 0.2) is 22.9 Å². The molecule has 2 aromatic rings. The van der Waals surface area contributed by atoms with Gasteiger partial charge in [-0.05, 0) is 20.8 Å². The minimum atomic E-state index is -1.73. The minimum absolute atomic E-state index is 0.0683. The second-order valence-corrected chi connectivity index (χ2v) is 12.5. The van der Waals surface area contributed by atoms with Crippen LogP contribution in [0, 0.1) is 11.3 Å². The smallest absolute Gasteiger partial charge is 0.323 e. The van der Waals surface area contributed by atoms with E-state index in [1.54, 1.807) is 27.1 Å². The van der Waals surface area contributed by atoms with E-state index in [0.29, 0.717) is 29.2 Å². The first-order valence-corrected chi connectivity index (χ1v) is 14.3. The number of imidazole rings is 1. The lowest BCUT2D eigenvalue weighted by Crippen LogP contribution is -2.35. The SMILES string of the molecule is CC(C)OC(=O)C(C)N[P@](OCCSC(=O)C(C)(C)C)OC1CC(C)C(n2cnc3c(N)ncnc32)O1. The van der Waals surface area contributed by atoms with E-state index in [2.05, 4.69) is 20.0 Å². The van der Waals surface area contributed by atoms with Gasteiger partial charge in [-0.15, -0.1) is 0 Å². The van der Waals surface area contributed by atoms with E-state index in [-0.39, 0.29) is 30.0 Å². The minimum Gasteiger partial charge on any atom is -0.462 e. The third-order valence-corrected chi connectivity index (χ3v) is 8.05. The zero-order valence-corrected chi connectivity index (χ0v) is 24.0. The van der Waals surface area contributed by atoms with Crippen molar-refractivity contribution in [3.05, 3.63) is 12.7 Å². The van der Waals surface area contributed by atoms with Gasteiger partial charge in [0, 0.05) is 23.5 Å². The number of nitrogen functional groups attached to an aromatic ring is 1. The van der Waals surface area contributed by atoms with Crippen LogP contribution < -0.4 is 10.8 Å². The van der Waals surface area contributed by atoms with E-state index >= 15 is 0 Å². The molecule has 3 N–H and O–H groups in total. The number of nitrogens with zero attached hydrogens (tertiary/aromatic N) is 4. The molecule has 3 rings (SSSR count). The van der Waals surface area contributed by atoms with Crippen LogP contribution in [-0.4, -0.2) is 61.4 Å². The summed E-state index contributed by atoms with van der Waals surface area (Å²) in [5.74, 6) is 0.414. The number of hydrogen-bond acceptors (Lipinski definition) is 12. The van der Waals surface area contributed by atoms with Gasteiger partial charge >= 0.3 is 5.97 Å². The number of nitrogens with two attached hydrogens (primary N) is 1. The normalized spacial score (nSPS) is 21.9. The number of anilines is 1. The lowest BCUT2D eigenvalue weighted by atomic mass is 10.00. The fourth-order valence-corrected chi connectivity index (χ4v) is 5.58. The average molecular weight is 557 g/mol. The predicted octanol–water partition coefficient (Wildman–Crippen LogP) is 3.79. The zero-order valence-electron chi connectivity index (χ0n) is 22.3. The summed E-state index contributed by atoms with van der Waals surface area (Å²) >= 11 is 1.21. The maximum Gasteiger partial charge on any atom is 0.323 e. The number of thioether (sulfide) groups is 1. The van der Waals surface area contributed by atoms with Crippen LogP contribution in [0.25, 0.3) is 11.2 Å². The summed E-state index contributed by atoms with van der Waals surface area (Å²) in [6.45, 7) is 13.2. The Morgan fingerprint density at radius 1 is 1.30 bits per heavy atom. The van der Waals surface area contributed by atoms with Gasteiger partial charge in [-0.3, -0.25) is 18.7 Å². The Morgan fingerprint density at radius 2 is 2.03 bits per heavy atom. The maximum atomic E-state index is 12.4. The van der Waals surface area contributed by atoms with Crippen LogP contribution in [0.3, 0.4) is 0 Å². The van der Waals surface area contributed by atoms with Gasteiger partial charge in [-0.25, -0.2) is 20.0 Å². The molecule has 3 heterocycles. The number of esters is 1. The van der Waals surface area contributed by atoms with Crippen molar-refractivity contribution in [2.75, 3.05) is 18.1 Å². The van der Waals surface area contributed by atoms with Gasteiger partial charge in [0.25, 0.3) is 8.53 Å². The van der Waals surface area contributed by atoms with Crippen LogP contribution in [0.15, 0.2) is 12.7 Å². The molecule has 0 bridgehead atoms. The number of hydrogen-bond donors (Lipinski definition) is 2. The molecule has 0 radical (unpaired) electrons. The van der Waals surface area contributed by atoms with Gasteiger partial charge in [-0.1, -0.05) is 39.5 Å². The molecule has 12 nitrogen and oxygen atoms in total. The van der Waals surface area contributed by atoms with Crippen LogP contribution in [0.2, 0.25) is 0 Å². The maximum absolute atomic E-state index is 12.4. The molecule has 0 aromatic carbocycles. The van der Waals surface area contributed by atoms with E-state index in [0.717, 1.165) is 0 Å². The molecule has 37 heavy (non-hydrogen) atoms. The lowest BCUT2D eigenvalue weighted by Gasteiger charge is -2.25. The highest BCUT2D eigenvalue weighted by Gasteiger charge is 2.38. The van der Waals surface area contributed by atoms with Crippen LogP contribution in [-0.2, 0) is 28.1 Å². The molecule has 1 saturated heterocycles. The highest BCUT2D eigenvalue weighted by molar-refractivity contribution is 8.13. The summed E-state index contributed by atoms with van der Waals surface area (Å²) in [6, 6.07) is -0.663. The van der Waals surface area contributed by atoms with Crippen molar-refractivity contribution in [2.24, 2.45) is 11.3 Å². The van der Waals surface area contributed by atoms with Gasteiger partial charge in [-0.2, -0.15) is 0 Å². The van der Waals surface area contributed by atoms with Crippen molar-refractivity contribution in [3.63, 3.8) is 0 Å². The Bertz CT molecular complexity index is 1080. The summed E-state index contributed by atoms with van der Waals surface area (Å²) in [6.07, 6.45) is 2.37. The number of rotatable bonds is 11. The number of aromatic nitrogens is 4. The fraction of sp³-hybridized carbons (Fsp3) is 0.696. The van der Waals surface area contributed by atoms with E-state index in [1.165, 1.54) is 18.1 Å². The third kappa shape index (κ3) is 8.05. The first-order valence-electron chi connectivity index (χ1n) is 12.2. The predicted molar refractivity (Wildman–Crippen MR) is 142 cm³/mol. The van der Waals surface area contributed by atoms with Gasteiger partial charge in [0.2, 0.25) is 0 Å². The van der Waals surface area contributed by atoms with Crippen LogP contribution in [0.4, 0.5) is 5.82 Å². The Labute approximate surface area is 222 Å². The summed E-state index contributed by atoms with van der Waals surface area (Å²) in [4.78, 5) is 37.2. The number of ether oxygens (including phenoxy) is 2. The molecule has 4 unspecified atom stereocenters. The van der Waals surface area contributed by atoms with Crippen LogP contribution in [0.5, 0.6) is 0 Å². The molecule has 1 aliphatic heterocycles. The van der Waals surface area contributed by atoms with Crippen molar-refractivity contribution < 1.29 is 28.1 Å². The largest absolute Gasteiger partial charge is 0.462 e. The van der Waals surface area contributed by atoms with Gasteiger partial charge in [0.1, 0.15) is 24.1 Å². The summed E-state index contributed by atoms with van der Waals surface area (Å²) < 4.78 is 25.4. The van der Waals surface area contributed by atoms with Crippen LogP contribution in [0.1, 0.15) is 61.1 Å². The third-order valence-electron chi connectivity index (χ3n) is 5.36. The molecule has 14 heteroatoms. The Hall–Kier alpha value is -1.89. The molecular formula is C23H37N6O6PS. The van der Waals surface area contributed by atoms with Gasteiger partial charge in [0.05, 0.1) is 19.0 Å². The van der Waals surface area contributed by atoms with Gasteiger partial charge < -0.3 is 19.7 Å². The molecule has 0 aliphatic carbocycles. The van der Waals surface area contributed by atoms with Crippen LogP contribution >= 0.6 is 20.3 Å². The summed E-state index contributed by atoms with van der Waals surface area (Å²) in [7, 11) is -1.73. The Morgan fingerprint density at radius 3 is 2.70 bits per heavy atom. The molecule has 1 fully saturated rings. The quantitative estimate of drug-likeness (QED) is 0.235. The van der Waals surface area contributed by atoms with Crippen molar-refractivity contribution >= 4 is 48.4 Å². The first kappa shape index (κ1) is 29.7. The lowest BCUT2D eigenvalue weighted by molar-refractivity contribution is -0.149. The second-order valence-electron chi connectivity index (χ2n) is 10.2. The van der Waals surface area contributed by atoms with E-state index in [1.807, 2.05) is 32.3 Å². The highest BCUT2D eigenvalue weighted by atomic mass is 32.2. The molecule has 206 valence electrons. The first-order chi connectivity index (χ1) is 17.4. The summed E-state index contributed by atoms with van der Waals surface area (Å²) in [5, 5.41) is 3.16. The molecule has 0 saturated carbocycles. The zero-order chi connectivity index (χ0) is 27.3. The number of carbonyl (C=O) groups excluding carboxylic acids is 2. The number of carbonyl (C=O) groups is 2. The number of fused-ring (bicyclic) bond motifs is 1. The molecule has 0 amide bonds. The molecule has 1 aliphatic rings. The van der Waals surface area contributed by atoms with E-state index < -0.39 is 32.2 Å². The molecule has 2 aromatic heterocycles. The highest BCUT2D eigenvalue weighted by Crippen LogP contribution is 2.44. The monoisotopic (exact) mass is 556 g/mol. The molecule has 0 spiro atoms. The topological polar surface area (TPSA) is 153 Å². The molecular weight excluding hydrogens is 519 g/mol. The molecule has 5 atom stereocenters. The number of nitrogens with one attached hydrogen (secondary N) is 1. The standard InChI is InChI=1S/C23H37N6O6PS/c1-13(2)33-21(30)15(4)28-36(32-8-9-37-22(31)23(5,6)7)35-16-10-14(3)20(34-16)29-12-27-17-18(24)25-11-26-19(17)29/h11-16,20,28H,8-10H2,1-7H3,(H2,24,25,26)/t14?,15?,16?,20?,36-/m1/s1.